The Morgan fingerprint density at radius 3 is 2.44 bits per heavy atom. The third-order valence-electron chi connectivity index (χ3n) is 2.20. The van der Waals surface area contributed by atoms with E-state index >= 15 is 0 Å². The summed E-state index contributed by atoms with van der Waals surface area (Å²) in [5.74, 6) is 0. The number of alkyl halides is 1. The van der Waals surface area contributed by atoms with E-state index in [0.717, 1.165) is 0 Å². The minimum atomic E-state index is -3.35. The lowest BCUT2D eigenvalue weighted by atomic mass is 10.3. The van der Waals surface area contributed by atoms with Gasteiger partial charge in [-0.2, -0.15) is 12.7 Å². The van der Waals surface area contributed by atoms with Crippen molar-refractivity contribution in [2.75, 3.05) is 27.3 Å². The van der Waals surface area contributed by atoms with Crippen LogP contribution in [0.4, 0.5) is 0 Å². The zero-order chi connectivity index (χ0) is 12.8. The van der Waals surface area contributed by atoms with Crippen molar-refractivity contribution in [3.05, 3.63) is 0 Å². The summed E-state index contributed by atoms with van der Waals surface area (Å²) in [6, 6.07) is -0.0451. The quantitative estimate of drug-likeness (QED) is 0.679. The molecule has 7 heteroatoms. The molecule has 0 aliphatic carbocycles. The van der Waals surface area contributed by atoms with Crippen molar-refractivity contribution in [2.24, 2.45) is 0 Å². The highest BCUT2D eigenvalue weighted by molar-refractivity contribution is 9.09. The fourth-order valence-electron chi connectivity index (χ4n) is 0.988. The lowest BCUT2D eigenvalue weighted by molar-refractivity contribution is 0.199. The summed E-state index contributed by atoms with van der Waals surface area (Å²) < 4.78 is 32.2. The highest BCUT2D eigenvalue weighted by Crippen LogP contribution is 2.05. The van der Waals surface area contributed by atoms with Crippen LogP contribution in [0.1, 0.15) is 20.3 Å². The molecule has 0 bridgehead atoms. The first kappa shape index (κ1) is 16.3. The smallest absolute Gasteiger partial charge is 0.279 e. The Kier molecular flexibility index (Phi) is 7.75. The standard InChI is InChI=1S/C9H21BrN2O3S/c1-8(2)12(3)16(13,14)11-6-5-9(10)7-15-4/h8-9,11H,5-7H2,1-4H3. The van der Waals surface area contributed by atoms with Gasteiger partial charge in [0.25, 0.3) is 10.2 Å². The third-order valence-corrected chi connectivity index (χ3v) is 4.67. The van der Waals surface area contributed by atoms with Crippen LogP contribution in [-0.4, -0.2) is 50.9 Å². The first-order valence-corrected chi connectivity index (χ1v) is 7.52. The highest BCUT2D eigenvalue weighted by atomic mass is 79.9. The molecule has 0 radical (unpaired) electrons. The van der Waals surface area contributed by atoms with E-state index in [1.165, 1.54) is 4.31 Å². The van der Waals surface area contributed by atoms with Gasteiger partial charge in [0.2, 0.25) is 0 Å². The maximum Gasteiger partial charge on any atom is 0.279 e. The molecular formula is C9H21BrN2O3S. The van der Waals surface area contributed by atoms with Gasteiger partial charge in [-0.1, -0.05) is 15.9 Å². The average molecular weight is 317 g/mol. The number of ether oxygens (including phenoxy) is 1. The van der Waals surface area contributed by atoms with Crippen molar-refractivity contribution in [1.82, 2.24) is 9.03 Å². The minimum absolute atomic E-state index is 0.0451. The average Bonchev–Trinajstić information content (AvgIpc) is 2.16. The van der Waals surface area contributed by atoms with Crippen LogP contribution in [-0.2, 0) is 14.9 Å². The van der Waals surface area contributed by atoms with E-state index in [2.05, 4.69) is 20.7 Å². The Bertz CT molecular complexity index is 282. The second-order valence-electron chi connectivity index (χ2n) is 3.85. The second kappa shape index (κ2) is 7.60. The summed E-state index contributed by atoms with van der Waals surface area (Å²) in [5.41, 5.74) is 0. The Morgan fingerprint density at radius 1 is 1.44 bits per heavy atom. The summed E-state index contributed by atoms with van der Waals surface area (Å²) in [6.07, 6.45) is 0.693. The van der Waals surface area contributed by atoms with Crippen LogP contribution in [0.3, 0.4) is 0 Å². The molecule has 16 heavy (non-hydrogen) atoms. The third kappa shape index (κ3) is 6.15. The predicted octanol–water partition coefficient (Wildman–Crippen LogP) is 0.961. The molecule has 1 unspecified atom stereocenters. The molecule has 1 atom stereocenters. The zero-order valence-corrected chi connectivity index (χ0v) is 12.6. The molecular weight excluding hydrogens is 296 g/mol. The molecule has 0 aromatic heterocycles. The fourth-order valence-corrected chi connectivity index (χ4v) is 2.62. The van der Waals surface area contributed by atoms with E-state index < -0.39 is 10.2 Å². The van der Waals surface area contributed by atoms with Gasteiger partial charge in [-0.05, 0) is 20.3 Å². The van der Waals surface area contributed by atoms with Crippen LogP contribution in [0.2, 0.25) is 0 Å². The molecule has 1 N–H and O–H groups in total. The van der Waals surface area contributed by atoms with Crippen molar-refractivity contribution in [2.45, 2.75) is 31.1 Å². The molecule has 0 aliphatic heterocycles. The maximum atomic E-state index is 11.7. The summed E-state index contributed by atoms with van der Waals surface area (Å²) >= 11 is 3.40. The van der Waals surface area contributed by atoms with E-state index in [-0.39, 0.29) is 10.9 Å². The van der Waals surface area contributed by atoms with E-state index in [0.29, 0.717) is 19.6 Å². The van der Waals surface area contributed by atoms with Crippen molar-refractivity contribution in [1.29, 1.82) is 0 Å². The SMILES string of the molecule is COCC(Br)CCNS(=O)(=O)N(C)C(C)C. The first-order valence-electron chi connectivity index (χ1n) is 5.17. The summed E-state index contributed by atoms with van der Waals surface area (Å²) in [4.78, 5) is 0.171. The van der Waals surface area contributed by atoms with Gasteiger partial charge in [0.05, 0.1) is 6.61 Å². The summed E-state index contributed by atoms with van der Waals surface area (Å²) in [6.45, 7) is 4.63. The van der Waals surface area contributed by atoms with E-state index in [4.69, 9.17) is 4.74 Å². The van der Waals surface area contributed by atoms with Crippen LogP contribution < -0.4 is 4.72 Å². The summed E-state index contributed by atoms with van der Waals surface area (Å²) in [7, 11) is -0.169. The lowest BCUT2D eigenvalue weighted by Crippen LogP contribution is -2.42. The number of nitrogens with one attached hydrogen (secondary N) is 1. The molecule has 0 saturated carbocycles. The fraction of sp³-hybridized carbons (Fsp3) is 1.00. The Labute approximate surface area is 107 Å². The van der Waals surface area contributed by atoms with Gasteiger partial charge in [-0.25, -0.2) is 4.72 Å². The minimum Gasteiger partial charge on any atom is -0.384 e. The number of halogens is 1. The Morgan fingerprint density at radius 2 is 2.00 bits per heavy atom. The zero-order valence-electron chi connectivity index (χ0n) is 10.2. The normalized spacial score (nSPS) is 14.7. The van der Waals surface area contributed by atoms with Gasteiger partial charge in [0.1, 0.15) is 0 Å². The van der Waals surface area contributed by atoms with Gasteiger partial charge >= 0.3 is 0 Å². The molecule has 0 spiro atoms. The molecule has 0 aliphatic rings. The Balaban J connectivity index is 4.01. The molecule has 5 nitrogen and oxygen atoms in total. The molecule has 0 heterocycles. The van der Waals surface area contributed by atoms with Crippen LogP contribution in [0.25, 0.3) is 0 Å². The predicted molar refractivity (Wildman–Crippen MR) is 69.0 cm³/mol. The van der Waals surface area contributed by atoms with Gasteiger partial charge in [0.15, 0.2) is 0 Å². The van der Waals surface area contributed by atoms with E-state index in [1.54, 1.807) is 14.2 Å². The van der Waals surface area contributed by atoms with E-state index in [9.17, 15) is 8.42 Å². The highest BCUT2D eigenvalue weighted by Gasteiger charge is 2.19. The molecule has 0 fully saturated rings. The number of hydrogen-bond donors (Lipinski definition) is 1. The van der Waals surface area contributed by atoms with E-state index in [1.807, 2.05) is 13.8 Å². The largest absolute Gasteiger partial charge is 0.384 e. The van der Waals surface area contributed by atoms with Crippen LogP contribution in [0.5, 0.6) is 0 Å². The Hall–Kier alpha value is 0.310. The molecule has 0 rings (SSSR count). The second-order valence-corrected chi connectivity index (χ2v) is 6.96. The van der Waals surface area contributed by atoms with Crippen LogP contribution in [0, 0.1) is 0 Å². The van der Waals surface area contributed by atoms with Crippen molar-refractivity contribution in [3.63, 3.8) is 0 Å². The lowest BCUT2D eigenvalue weighted by Gasteiger charge is -2.21. The molecule has 0 amide bonds. The van der Waals surface area contributed by atoms with Crippen LogP contribution >= 0.6 is 15.9 Å². The molecule has 0 saturated heterocycles. The number of nitrogens with zero attached hydrogens (tertiary/aromatic N) is 1. The van der Waals surface area contributed by atoms with Crippen molar-refractivity contribution in [3.8, 4) is 0 Å². The number of methoxy groups -OCH3 is 1. The van der Waals surface area contributed by atoms with Gasteiger partial charge in [-0.3, -0.25) is 0 Å². The molecule has 0 aromatic rings. The summed E-state index contributed by atoms with van der Waals surface area (Å²) in [5, 5.41) is 0. The number of rotatable bonds is 8. The first-order chi connectivity index (χ1) is 7.31. The van der Waals surface area contributed by atoms with Gasteiger partial charge < -0.3 is 4.74 Å². The van der Waals surface area contributed by atoms with Gasteiger partial charge in [-0.15, -0.1) is 0 Å². The molecule has 98 valence electrons. The van der Waals surface area contributed by atoms with Gasteiger partial charge in [0, 0.05) is 31.6 Å². The van der Waals surface area contributed by atoms with Crippen molar-refractivity contribution < 1.29 is 13.2 Å². The van der Waals surface area contributed by atoms with Crippen molar-refractivity contribution >= 4 is 26.1 Å². The molecule has 0 aromatic carbocycles. The maximum absolute atomic E-state index is 11.7. The number of hydrogen-bond acceptors (Lipinski definition) is 3. The topological polar surface area (TPSA) is 58.6 Å². The van der Waals surface area contributed by atoms with Crippen LogP contribution in [0.15, 0.2) is 0 Å². The monoisotopic (exact) mass is 316 g/mol.